The van der Waals surface area contributed by atoms with E-state index in [4.69, 9.17) is 5.73 Å². The molecule has 1 amide bonds. The van der Waals surface area contributed by atoms with Crippen LogP contribution in [-0.2, 0) is 21.3 Å². The molecule has 0 spiro atoms. The lowest BCUT2D eigenvalue weighted by Crippen LogP contribution is -2.20. The molecule has 2 aromatic rings. The number of hydrogen-bond acceptors (Lipinski definition) is 2. The van der Waals surface area contributed by atoms with Gasteiger partial charge in [0.05, 0.1) is 0 Å². The van der Waals surface area contributed by atoms with Crippen molar-refractivity contribution in [1.82, 2.24) is 0 Å². The molecule has 0 bridgehead atoms. The lowest BCUT2D eigenvalue weighted by Gasteiger charge is -2.05. The molecule has 1 atom stereocenters. The number of carbonyl (C=O) groups is 1. The molecule has 2 N–H and O–H groups in total. The van der Waals surface area contributed by atoms with Crippen LogP contribution in [0.4, 0.5) is 0 Å². The van der Waals surface area contributed by atoms with Gasteiger partial charge in [-0.15, -0.1) is 0 Å². The van der Waals surface area contributed by atoms with Crippen molar-refractivity contribution in [3.8, 4) is 11.1 Å². The summed E-state index contributed by atoms with van der Waals surface area (Å²) in [6.45, 7) is 0. The number of amides is 1. The average Bonchev–Trinajstić information content (AvgIpc) is 2.38. The number of nitrogens with two attached hydrogens (primary N) is 1. The molecule has 0 radical (unpaired) electrons. The van der Waals surface area contributed by atoms with Gasteiger partial charge in [0, 0.05) is 21.0 Å². The minimum Gasteiger partial charge on any atom is -0.369 e. The zero-order valence-corrected chi connectivity index (χ0v) is 13.1. The topological polar surface area (TPSA) is 60.2 Å². The van der Waals surface area contributed by atoms with E-state index in [2.05, 4.69) is 15.9 Å². The first-order chi connectivity index (χ1) is 9.54. The Labute approximate surface area is 128 Å². The number of primary amides is 1. The maximum Gasteiger partial charge on any atom is 0.230 e. The first kappa shape index (κ1) is 14.9. The first-order valence-corrected chi connectivity index (χ1v) is 8.31. The van der Waals surface area contributed by atoms with Crippen molar-refractivity contribution in [3.63, 3.8) is 0 Å². The highest BCUT2D eigenvalue weighted by molar-refractivity contribution is 9.10. The monoisotopic (exact) mass is 351 g/mol. The zero-order chi connectivity index (χ0) is 14.5. The van der Waals surface area contributed by atoms with E-state index < -0.39 is 16.7 Å². The van der Waals surface area contributed by atoms with Crippen LogP contribution in [0.5, 0.6) is 0 Å². The predicted octanol–water partition coefficient (Wildman–Crippen LogP) is 2.85. The number of benzene rings is 2. The van der Waals surface area contributed by atoms with Crippen LogP contribution < -0.4 is 5.73 Å². The molecule has 2 aromatic carbocycles. The van der Waals surface area contributed by atoms with Crippen molar-refractivity contribution in [2.24, 2.45) is 5.73 Å². The molecule has 0 aliphatic heterocycles. The maximum absolute atomic E-state index is 11.7. The van der Waals surface area contributed by atoms with Crippen LogP contribution in [0.15, 0.2) is 53.0 Å². The Balaban J connectivity index is 2.17. The van der Waals surface area contributed by atoms with E-state index in [1.165, 1.54) is 0 Å². The summed E-state index contributed by atoms with van der Waals surface area (Å²) in [5, 5.41) is 0. The molecule has 0 aliphatic rings. The Morgan fingerprint density at radius 1 is 1.10 bits per heavy atom. The smallest absolute Gasteiger partial charge is 0.230 e. The van der Waals surface area contributed by atoms with Gasteiger partial charge in [0.15, 0.2) is 0 Å². The molecular weight excluding hydrogens is 338 g/mol. The summed E-state index contributed by atoms with van der Waals surface area (Å²) in [6, 6.07) is 15.8. The highest BCUT2D eigenvalue weighted by Crippen LogP contribution is 2.23. The minimum absolute atomic E-state index is 0.0947. The lowest BCUT2D eigenvalue weighted by atomic mass is 10.0. The van der Waals surface area contributed by atoms with E-state index in [0.717, 1.165) is 21.2 Å². The third kappa shape index (κ3) is 4.28. The molecule has 0 saturated heterocycles. The molecule has 3 nitrogen and oxygen atoms in total. The van der Waals surface area contributed by atoms with Gasteiger partial charge in [0.25, 0.3) is 0 Å². The Hall–Kier alpha value is -1.46. The van der Waals surface area contributed by atoms with Crippen LogP contribution in [0, 0.1) is 0 Å². The number of carbonyl (C=O) groups excluding carboxylic acids is 1. The van der Waals surface area contributed by atoms with E-state index in [-0.39, 0.29) is 5.75 Å². The van der Waals surface area contributed by atoms with Gasteiger partial charge in [-0.05, 0) is 28.8 Å². The molecule has 0 aromatic heterocycles. The fourth-order valence-electron chi connectivity index (χ4n) is 1.88. The third-order valence-electron chi connectivity index (χ3n) is 2.74. The van der Waals surface area contributed by atoms with Crippen molar-refractivity contribution in [2.45, 2.75) is 5.75 Å². The summed E-state index contributed by atoms with van der Waals surface area (Å²) >= 11 is 3.40. The van der Waals surface area contributed by atoms with Crippen LogP contribution in [0.3, 0.4) is 0 Å². The molecule has 0 aliphatic carbocycles. The summed E-state index contributed by atoms with van der Waals surface area (Å²) in [5.41, 5.74) is 8.14. The molecule has 0 fully saturated rings. The summed E-state index contributed by atoms with van der Waals surface area (Å²) in [5.74, 6) is -0.289. The van der Waals surface area contributed by atoms with Gasteiger partial charge in [-0.25, -0.2) is 0 Å². The predicted molar refractivity (Wildman–Crippen MR) is 85.5 cm³/mol. The van der Waals surface area contributed by atoms with Crippen LogP contribution in [0.25, 0.3) is 11.1 Å². The molecule has 20 heavy (non-hydrogen) atoms. The van der Waals surface area contributed by atoms with E-state index in [0.29, 0.717) is 5.75 Å². The fraction of sp³-hybridized carbons (Fsp3) is 0.133. The molecular formula is C15H14BrNO2S. The third-order valence-corrected chi connectivity index (χ3v) is 4.53. The Morgan fingerprint density at radius 3 is 2.45 bits per heavy atom. The average molecular weight is 352 g/mol. The first-order valence-electron chi connectivity index (χ1n) is 6.03. The largest absolute Gasteiger partial charge is 0.369 e. The standard InChI is InChI=1S/C15H14BrNO2S/c16-14-6-4-12(5-7-14)13-3-1-2-11(8-13)9-20(19)10-15(17)18/h1-8H,9-10H2,(H2,17,18)/t20-/m1/s1. The Morgan fingerprint density at radius 2 is 1.80 bits per heavy atom. The van der Waals surface area contributed by atoms with Gasteiger partial charge in [-0.2, -0.15) is 0 Å². The second-order valence-electron chi connectivity index (χ2n) is 4.40. The highest BCUT2D eigenvalue weighted by atomic mass is 79.9. The SMILES string of the molecule is NC(=O)C[S@](=O)Cc1cccc(-c2ccc(Br)cc2)c1. The van der Waals surface area contributed by atoms with Crippen LogP contribution in [0.2, 0.25) is 0 Å². The van der Waals surface area contributed by atoms with Crippen molar-refractivity contribution < 1.29 is 9.00 Å². The van der Waals surface area contributed by atoms with Gasteiger partial charge in [0.1, 0.15) is 5.75 Å². The zero-order valence-electron chi connectivity index (χ0n) is 10.7. The minimum atomic E-state index is -1.25. The van der Waals surface area contributed by atoms with Crippen LogP contribution in [0.1, 0.15) is 5.56 Å². The van der Waals surface area contributed by atoms with Crippen LogP contribution in [-0.4, -0.2) is 15.9 Å². The second kappa shape index (κ2) is 6.81. The summed E-state index contributed by atoms with van der Waals surface area (Å²) in [4.78, 5) is 10.7. The van der Waals surface area contributed by atoms with Crippen molar-refractivity contribution in [3.05, 3.63) is 58.6 Å². The number of halogens is 1. The van der Waals surface area contributed by atoms with Crippen molar-refractivity contribution in [1.29, 1.82) is 0 Å². The van der Waals surface area contributed by atoms with Gasteiger partial charge < -0.3 is 5.73 Å². The summed E-state index contributed by atoms with van der Waals surface area (Å²) in [7, 11) is -1.25. The normalized spacial score (nSPS) is 12.1. The Bertz CT molecular complexity index is 641. The molecule has 5 heteroatoms. The van der Waals surface area contributed by atoms with Gasteiger partial charge in [-0.3, -0.25) is 9.00 Å². The molecule has 0 unspecified atom stereocenters. The van der Waals surface area contributed by atoms with E-state index in [1.807, 2.05) is 48.5 Å². The van der Waals surface area contributed by atoms with E-state index in [1.54, 1.807) is 0 Å². The van der Waals surface area contributed by atoms with Gasteiger partial charge >= 0.3 is 0 Å². The van der Waals surface area contributed by atoms with E-state index >= 15 is 0 Å². The maximum atomic E-state index is 11.7. The summed E-state index contributed by atoms with van der Waals surface area (Å²) in [6.07, 6.45) is 0. The van der Waals surface area contributed by atoms with Crippen LogP contribution >= 0.6 is 15.9 Å². The van der Waals surface area contributed by atoms with Crippen molar-refractivity contribution >= 4 is 32.6 Å². The molecule has 104 valence electrons. The second-order valence-corrected chi connectivity index (χ2v) is 6.77. The van der Waals surface area contributed by atoms with Gasteiger partial charge in [0.2, 0.25) is 5.91 Å². The lowest BCUT2D eigenvalue weighted by molar-refractivity contribution is -0.115. The van der Waals surface area contributed by atoms with Crippen molar-refractivity contribution in [2.75, 3.05) is 5.75 Å². The highest BCUT2D eigenvalue weighted by Gasteiger charge is 2.06. The Kier molecular flexibility index (Phi) is 5.09. The molecule has 0 saturated carbocycles. The number of hydrogen-bond donors (Lipinski definition) is 1. The fourth-order valence-corrected chi connectivity index (χ4v) is 3.11. The van der Waals surface area contributed by atoms with E-state index in [9.17, 15) is 9.00 Å². The molecule has 0 heterocycles. The molecule has 2 rings (SSSR count). The number of rotatable bonds is 5. The quantitative estimate of drug-likeness (QED) is 0.900. The van der Waals surface area contributed by atoms with Gasteiger partial charge in [-0.1, -0.05) is 52.3 Å². The summed E-state index contributed by atoms with van der Waals surface area (Å²) < 4.78 is 12.7.